The first-order valence-electron chi connectivity index (χ1n) is 13.4. The van der Waals surface area contributed by atoms with E-state index in [1.165, 1.54) is 63.5 Å². The minimum absolute atomic E-state index is 0.0689. The van der Waals surface area contributed by atoms with Gasteiger partial charge in [-0.1, -0.05) is 19.3 Å². The van der Waals surface area contributed by atoms with Crippen LogP contribution in [0.2, 0.25) is 0 Å². The Hall–Kier alpha value is -1.75. The largest absolute Gasteiger partial charge is 0.353 e. The third kappa shape index (κ3) is 7.37. The van der Waals surface area contributed by atoms with Crippen LogP contribution < -0.4 is 5.32 Å². The maximum atomic E-state index is 13.1. The van der Waals surface area contributed by atoms with Gasteiger partial charge in [-0.3, -0.25) is 9.59 Å². The van der Waals surface area contributed by atoms with Gasteiger partial charge >= 0.3 is 0 Å². The Morgan fingerprint density at radius 1 is 0.848 bits per heavy atom. The lowest BCUT2D eigenvalue weighted by Gasteiger charge is -2.34. The first kappa shape index (κ1) is 24.4. The molecule has 2 aliphatic carbocycles. The molecule has 1 heterocycles. The molecule has 1 amide bonds. The second-order valence-corrected chi connectivity index (χ2v) is 10.8. The molecule has 0 bridgehead atoms. The van der Waals surface area contributed by atoms with Crippen LogP contribution in [0.15, 0.2) is 24.3 Å². The summed E-state index contributed by atoms with van der Waals surface area (Å²) >= 11 is 0. The smallest absolute Gasteiger partial charge is 0.220 e. The quantitative estimate of drug-likeness (QED) is 0.506. The van der Waals surface area contributed by atoms with Gasteiger partial charge in [0.1, 0.15) is 5.82 Å². The number of Topliss-reactive ketones (excluding diaryl/α,β-unsaturated/α-hetero) is 1. The van der Waals surface area contributed by atoms with E-state index in [9.17, 15) is 14.0 Å². The predicted octanol–water partition coefficient (Wildman–Crippen LogP) is 5.76. The van der Waals surface area contributed by atoms with E-state index in [4.69, 9.17) is 0 Å². The average Bonchev–Trinajstić information content (AvgIpc) is 2.84. The van der Waals surface area contributed by atoms with E-state index in [1.54, 1.807) is 12.1 Å². The zero-order valence-corrected chi connectivity index (χ0v) is 20.1. The fourth-order valence-electron chi connectivity index (χ4n) is 6.17. The van der Waals surface area contributed by atoms with Gasteiger partial charge in [-0.15, -0.1) is 0 Å². The van der Waals surface area contributed by atoms with Crippen LogP contribution in [-0.2, 0) is 4.79 Å². The molecule has 0 aromatic heterocycles. The van der Waals surface area contributed by atoms with Crippen molar-refractivity contribution in [1.29, 1.82) is 0 Å². The molecule has 1 aliphatic heterocycles. The van der Waals surface area contributed by atoms with Crippen LogP contribution in [0.3, 0.4) is 0 Å². The number of carbonyl (C=O) groups excluding carboxylic acids is 2. The minimum atomic E-state index is -0.294. The van der Waals surface area contributed by atoms with Crippen molar-refractivity contribution in [3.63, 3.8) is 0 Å². The number of rotatable bonds is 8. The van der Waals surface area contributed by atoms with Crippen molar-refractivity contribution in [2.75, 3.05) is 19.6 Å². The van der Waals surface area contributed by atoms with Crippen LogP contribution >= 0.6 is 0 Å². The highest BCUT2D eigenvalue weighted by Crippen LogP contribution is 2.30. The first-order chi connectivity index (χ1) is 16.1. The van der Waals surface area contributed by atoms with Gasteiger partial charge < -0.3 is 10.2 Å². The number of hydrogen-bond acceptors (Lipinski definition) is 3. The molecule has 182 valence electrons. The van der Waals surface area contributed by atoms with Gasteiger partial charge in [-0.2, -0.15) is 0 Å². The van der Waals surface area contributed by atoms with Gasteiger partial charge in [-0.25, -0.2) is 4.39 Å². The molecule has 0 atom stereocenters. The van der Waals surface area contributed by atoms with E-state index in [1.807, 2.05) is 0 Å². The number of piperidine rings is 1. The third-order valence-corrected chi connectivity index (χ3v) is 8.35. The molecule has 3 fully saturated rings. The number of hydrogen-bond donors (Lipinski definition) is 1. The number of amides is 1. The predicted molar refractivity (Wildman–Crippen MR) is 130 cm³/mol. The molecule has 5 heteroatoms. The maximum Gasteiger partial charge on any atom is 0.220 e. The number of halogens is 1. The number of ketones is 1. The summed E-state index contributed by atoms with van der Waals surface area (Å²) < 4.78 is 13.1. The highest BCUT2D eigenvalue weighted by atomic mass is 19.1. The van der Waals surface area contributed by atoms with Crippen molar-refractivity contribution < 1.29 is 14.0 Å². The summed E-state index contributed by atoms with van der Waals surface area (Å²) in [6, 6.07) is 6.35. The fourth-order valence-corrected chi connectivity index (χ4v) is 6.17. The van der Waals surface area contributed by atoms with Crippen molar-refractivity contribution >= 4 is 11.7 Å². The molecule has 1 aromatic rings. The van der Waals surface area contributed by atoms with E-state index in [0.717, 1.165) is 57.7 Å². The summed E-state index contributed by atoms with van der Waals surface area (Å²) in [7, 11) is 0. The molecule has 0 spiro atoms. The molecule has 0 radical (unpaired) electrons. The number of carbonyl (C=O) groups is 2. The van der Waals surface area contributed by atoms with Crippen LogP contribution in [0.1, 0.15) is 93.8 Å². The highest BCUT2D eigenvalue weighted by molar-refractivity contribution is 5.97. The Balaban J connectivity index is 1.09. The van der Waals surface area contributed by atoms with Gasteiger partial charge in [0.2, 0.25) is 5.91 Å². The monoisotopic (exact) mass is 456 g/mol. The maximum absolute atomic E-state index is 13.1. The second-order valence-electron chi connectivity index (χ2n) is 10.8. The Bertz CT molecular complexity index is 759. The normalized spacial score (nSPS) is 25.6. The zero-order chi connectivity index (χ0) is 23.0. The molecule has 33 heavy (non-hydrogen) atoms. The van der Waals surface area contributed by atoms with Crippen molar-refractivity contribution in [2.24, 2.45) is 17.8 Å². The topological polar surface area (TPSA) is 49.4 Å². The Labute approximate surface area is 198 Å². The lowest BCUT2D eigenvalue weighted by molar-refractivity contribution is -0.123. The Kier molecular flexibility index (Phi) is 8.94. The molecule has 3 aliphatic rings. The molecule has 0 unspecified atom stereocenters. The molecule has 1 aromatic carbocycles. The van der Waals surface area contributed by atoms with E-state index in [2.05, 4.69) is 10.2 Å². The molecule has 1 N–H and O–H groups in total. The van der Waals surface area contributed by atoms with Crippen LogP contribution in [0.4, 0.5) is 4.39 Å². The number of nitrogens with zero attached hydrogens (tertiary/aromatic N) is 1. The zero-order valence-electron chi connectivity index (χ0n) is 20.1. The molecule has 4 rings (SSSR count). The molecule has 2 saturated carbocycles. The number of benzene rings is 1. The second kappa shape index (κ2) is 12.1. The van der Waals surface area contributed by atoms with Crippen molar-refractivity contribution in [3.05, 3.63) is 35.6 Å². The number of likely N-dealkylation sites (tertiary alicyclic amines) is 1. The van der Waals surface area contributed by atoms with Crippen LogP contribution in [0.25, 0.3) is 0 Å². The van der Waals surface area contributed by atoms with Gasteiger partial charge in [0.05, 0.1) is 0 Å². The van der Waals surface area contributed by atoms with Crippen molar-refractivity contribution in [1.82, 2.24) is 10.2 Å². The van der Waals surface area contributed by atoms with Crippen molar-refractivity contribution in [3.8, 4) is 0 Å². The minimum Gasteiger partial charge on any atom is -0.353 e. The summed E-state index contributed by atoms with van der Waals surface area (Å²) in [5.41, 5.74) is 0.637. The summed E-state index contributed by atoms with van der Waals surface area (Å²) in [4.78, 5) is 27.6. The van der Waals surface area contributed by atoms with Crippen LogP contribution in [0.5, 0.6) is 0 Å². The standard InChI is InChI=1S/C28H41FN2O2/c29-25-10-8-23(9-11-25)28(33)24-15-18-31(19-16-24)17-14-21-6-12-26(13-7-21)30-27(32)20-22-4-2-1-3-5-22/h8-11,21-22,24,26H,1-7,12-20H2,(H,30,32)/t21-,26-. The van der Waals surface area contributed by atoms with Gasteiger partial charge in [0.25, 0.3) is 0 Å². The lowest BCUT2D eigenvalue weighted by Crippen LogP contribution is -2.40. The number of nitrogens with one attached hydrogen (secondary N) is 1. The van der Waals surface area contributed by atoms with Gasteiger partial charge in [-0.05, 0) is 114 Å². The fraction of sp³-hybridized carbons (Fsp3) is 0.714. The summed E-state index contributed by atoms with van der Waals surface area (Å²) in [5.74, 6) is 1.60. The molecule has 1 saturated heterocycles. The summed E-state index contributed by atoms with van der Waals surface area (Å²) in [6.07, 6.45) is 14.8. The van der Waals surface area contributed by atoms with Gasteiger partial charge in [0, 0.05) is 23.9 Å². The van der Waals surface area contributed by atoms with Crippen LogP contribution in [0, 0.1) is 23.6 Å². The molecular formula is C28H41FN2O2. The van der Waals surface area contributed by atoms with Crippen molar-refractivity contribution in [2.45, 2.75) is 89.5 Å². The SMILES string of the molecule is O=C(CC1CCCCC1)N[C@H]1CC[C@H](CCN2CCC(C(=O)c3ccc(F)cc3)CC2)CC1. The summed E-state index contributed by atoms with van der Waals surface area (Å²) in [5, 5.41) is 3.32. The molecule has 4 nitrogen and oxygen atoms in total. The van der Waals surface area contributed by atoms with E-state index in [-0.39, 0.29) is 23.4 Å². The Morgan fingerprint density at radius 3 is 2.18 bits per heavy atom. The van der Waals surface area contributed by atoms with E-state index >= 15 is 0 Å². The first-order valence-corrected chi connectivity index (χ1v) is 13.4. The Morgan fingerprint density at radius 2 is 1.52 bits per heavy atom. The van der Waals surface area contributed by atoms with E-state index < -0.39 is 0 Å². The average molecular weight is 457 g/mol. The highest BCUT2D eigenvalue weighted by Gasteiger charge is 2.28. The lowest BCUT2D eigenvalue weighted by atomic mass is 9.83. The molecular weight excluding hydrogens is 415 g/mol. The van der Waals surface area contributed by atoms with Gasteiger partial charge in [0.15, 0.2) is 5.78 Å². The van der Waals surface area contributed by atoms with Crippen LogP contribution in [-0.4, -0.2) is 42.3 Å². The van der Waals surface area contributed by atoms with E-state index in [0.29, 0.717) is 17.5 Å². The third-order valence-electron chi connectivity index (χ3n) is 8.35. The summed E-state index contributed by atoms with van der Waals surface area (Å²) in [6.45, 7) is 3.06.